The smallest absolute Gasteiger partial charge is 0.133 e. The molecule has 0 saturated heterocycles. The van der Waals surface area contributed by atoms with Crippen molar-refractivity contribution in [2.24, 2.45) is 0 Å². The van der Waals surface area contributed by atoms with Crippen LogP contribution in [0.25, 0.3) is 0 Å². The van der Waals surface area contributed by atoms with E-state index in [4.69, 9.17) is 5.11 Å². The predicted molar refractivity (Wildman–Crippen MR) is 72.8 cm³/mol. The number of hydrogen-bond acceptors (Lipinski definition) is 4. The Morgan fingerprint density at radius 1 is 1.28 bits per heavy atom. The van der Waals surface area contributed by atoms with Gasteiger partial charge in [0, 0.05) is 22.8 Å². The molecule has 4 heteroatoms. The summed E-state index contributed by atoms with van der Waals surface area (Å²) < 4.78 is 0. The molecule has 2 heterocycles. The molecule has 2 N–H and O–H groups in total. The van der Waals surface area contributed by atoms with Gasteiger partial charge in [0.15, 0.2) is 0 Å². The van der Waals surface area contributed by atoms with E-state index in [1.54, 1.807) is 16.5 Å². The summed E-state index contributed by atoms with van der Waals surface area (Å²) in [6.45, 7) is 1.64. The van der Waals surface area contributed by atoms with Crippen LogP contribution >= 0.6 is 11.3 Å². The van der Waals surface area contributed by atoms with E-state index in [0.717, 1.165) is 18.8 Å². The number of fused-ring (bicyclic) bond motifs is 1. The van der Waals surface area contributed by atoms with Gasteiger partial charge in [-0.25, -0.2) is 0 Å². The molecule has 0 spiro atoms. The Morgan fingerprint density at radius 2 is 2.22 bits per heavy atom. The fourth-order valence-electron chi connectivity index (χ4n) is 2.31. The van der Waals surface area contributed by atoms with E-state index in [1.165, 1.54) is 30.3 Å². The maximum atomic E-state index is 9.15. The Labute approximate surface area is 111 Å². The largest absolute Gasteiger partial charge is 0.506 e. The van der Waals surface area contributed by atoms with Gasteiger partial charge in [-0.15, -0.1) is 11.3 Å². The highest BCUT2D eigenvalue weighted by Crippen LogP contribution is 2.30. The molecule has 0 bridgehead atoms. The van der Waals surface area contributed by atoms with Crippen molar-refractivity contribution >= 4 is 11.3 Å². The van der Waals surface area contributed by atoms with Gasteiger partial charge >= 0.3 is 0 Å². The topological polar surface area (TPSA) is 45.1 Å². The molecule has 0 saturated carbocycles. The first kappa shape index (κ1) is 11.7. The highest BCUT2D eigenvalue weighted by molar-refractivity contribution is 7.12. The number of aromatic hydroxyl groups is 1. The van der Waals surface area contributed by atoms with Crippen molar-refractivity contribution in [2.45, 2.75) is 32.4 Å². The van der Waals surface area contributed by atoms with Gasteiger partial charge in [-0.1, -0.05) is 0 Å². The number of hydrogen-bond donors (Lipinski definition) is 2. The number of nitrogens with zero attached hydrogens (tertiary/aromatic N) is 1. The van der Waals surface area contributed by atoms with E-state index in [2.05, 4.69) is 16.4 Å². The first-order chi connectivity index (χ1) is 8.81. The second-order valence-corrected chi connectivity index (χ2v) is 5.85. The summed E-state index contributed by atoms with van der Waals surface area (Å²) >= 11 is 1.94. The minimum absolute atomic E-state index is 0.216. The van der Waals surface area contributed by atoms with Crippen molar-refractivity contribution < 1.29 is 5.11 Å². The zero-order chi connectivity index (χ0) is 12.4. The van der Waals surface area contributed by atoms with Crippen LogP contribution in [0.3, 0.4) is 0 Å². The van der Waals surface area contributed by atoms with Crippen molar-refractivity contribution in [2.75, 3.05) is 0 Å². The van der Waals surface area contributed by atoms with Gasteiger partial charge in [-0.2, -0.15) is 0 Å². The summed E-state index contributed by atoms with van der Waals surface area (Å²) in [6, 6.07) is 5.85. The van der Waals surface area contributed by atoms with Crippen LogP contribution < -0.4 is 5.32 Å². The third-order valence-corrected chi connectivity index (χ3v) is 4.45. The van der Waals surface area contributed by atoms with Gasteiger partial charge in [-0.05, 0) is 43.0 Å². The molecule has 1 aliphatic rings. The van der Waals surface area contributed by atoms with Crippen LogP contribution in [0.2, 0.25) is 0 Å². The van der Waals surface area contributed by atoms with E-state index in [0.29, 0.717) is 0 Å². The molecule has 1 aliphatic carbocycles. The molecule has 18 heavy (non-hydrogen) atoms. The fourth-order valence-corrected chi connectivity index (χ4v) is 3.54. The van der Waals surface area contributed by atoms with Crippen LogP contribution in [0.5, 0.6) is 5.75 Å². The predicted octanol–water partition coefficient (Wildman–Crippen LogP) is 2.63. The standard InChI is InChI=1S/C14H16N2OS/c17-12-5-4-11(16-8-12)7-15-9-13-6-10-2-1-3-14(10)18-13/h4-6,8,15,17H,1-3,7,9H2. The maximum Gasteiger partial charge on any atom is 0.133 e. The van der Waals surface area contributed by atoms with Crippen LogP contribution in [0, 0.1) is 0 Å². The lowest BCUT2D eigenvalue weighted by Crippen LogP contribution is -2.12. The first-order valence-electron chi connectivity index (χ1n) is 6.26. The molecule has 2 aromatic rings. The third-order valence-electron chi connectivity index (χ3n) is 3.21. The molecule has 0 aliphatic heterocycles. The lowest BCUT2D eigenvalue weighted by molar-refractivity contribution is 0.471. The Hall–Kier alpha value is -1.39. The summed E-state index contributed by atoms with van der Waals surface area (Å²) in [7, 11) is 0. The lowest BCUT2D eigenvalue weighted by atomic mass is 10.2. The normalized spacial score (nSPS) is 13.8. The molecule has 94 valence electrons. The number of rotatable bonds is 4. The summed E-state index contributed by atoms with van der Waals surface area (Å²) in [5.74, 6) is 0.216. The molecular weight excluding hydrogens is 244 g/mol. The van der Waals surface area contributed by atoms with Crippen molar-refractivity contribution in [1.29, 1.82) is 0 Å². The Morgan fingerprint density at radius 3 is 3.00 bits per heavy atom. The van der Waals surface area contributed by atoms with Gasteiger partial charge in [0.2, 0.25) is 0 Å². The van der Waals surface area contributed by atoms with E-state index < -0.39 is 0 Å². The zero-order valence-electron chi connectivity index (χ0n) is 10.1. The molecule has 0 unspecified atom stereocenters. The molecule has 0 atom stereocenters. The molecular formula is C14H16N2OS. The van der Waals surface area contributed by atoms with Crippen molar-refractivity contribution in [1.82, 2.24) is 10.3 Å². The second kappa shape index (κ2) is 5.08. The molecule has 2 aromatic heterocycles. The number of thiophene rings is 1. The molecule has 0 aromatic carbocycles. The number of aryl methyl sites for hydroxylation is 2. The Balaban J connectivity index is 1.53. The van der Waals surface area contributed by atoms with Crippen molar-refractivity contribution in [3.63, 3.8) is 0 Å². The monoisotopic (exact) mass is 260 g/mol. The van der Waals surface area contributed by atoms with Gasteiger partial charge in [-0.3, -0.25) is 4.98 Å². The molecule has 0 amide bonds. The van der Waals surface area contributed by atoms with Crippen LogP contribution in [-0.2, 0) is 25.9 Å². The summed E-state index contributed by atoms with van der Waals surface area (Å²) in [4.78, 5) is 7.14. The van der Waals surface area contributed by atoms with Crippen LogP contribution in [0.1, 0.15) is 27.4 Å². The summed E-state index contributed by atoms with van der Waals surface area (Å²) in [5, 5.41) is 12.5. The quantitative estimate of drug-likeness (QED) is 0.888. The lowest BCUT2D eigenvalue weighted by Gasteiger charge is -2.02. The highest BCUT2D eigenvalue weighted by atomic mass is 32.1. The Kier molecular flexibility index (Phi) is 3.30. The summed E-state index contributed by atoms with van der Waals surface area (Å²) in [6.07, 6.45) is 5.33. The van der Waals surface area contributed by atoms with Crippen molar-refractivity contribution in [3.8, 4) is 5.75 Å². The molecule has 3 nitrogen and oxygen atoms in total. The average Bonchev–Trinajstić information content (AvgIpc) is 2.92. The van der Waals surface area contributed by atoms with Crippen molar-refractivity contribution in [3.05, 3.63) is 45.4 Å². The van der Waals surface area contributed by atoms with E-state index in [9.17, 15) is 0 Å². The third kappa shape index (κ3) is 2.54. The van der Waals surface area contributed by atoms with E-state index in [1.807, 2.05) is 17.4 Å². The van der Waals surface area contributed by atoms with Gasteiger partial charge in [0.05, 0.1) is 11.9 Å². The second-order valence-electron chi connectivity index (χ2n) is 4.63. The molecule has 0 radical (unpaired) electrons. The SMILES string of the molecule is Oc1ccc(CNCc2cc3c(s2)CCC3)nc1. The van der Waals surface area contributed by atoms with Gasteiger partial charge in [0.25, 0.3) is 0 Å². The number of pyridine rings is 1. The van der Waals surface area contributed by atoms with Gasteiger partial charge < -0.3 is 10.4 Å². The number of nitrogens with one attached hydrogen (secondary N) is 1. The van der Waals surface area contributed by atoms with Crippen LogP contribution in [0.4, 0.5) is 0 Å². The molecule has 3 rings (SSSR count). The minimum Gasteiger partial charge on any atom is -0.506 e. The Bertz CT molecular complexity index is 512. The zero-order valence-corrected chi connectivity index (χ0v) is 11.0. The molecule has 0 fully saturated rings. The van der Waals surface area contributed by atoms with Crippen LogP contribution in [0.15, 0.2) is 24.4 Å². The minimum atomic E-state index is 0.216. The van der Waals surface area contributed by atoms with Crippen LogP contribution in [-0.4, -0.2) is 10.1 Å². The van der Waals surface area contributed by atoms with E-state index in [-0.39, 0.29) is 5.75 Å². The van der Waals surface area contributed by atoms with Gasteiger partial charge in [0.1, 0.15) is 5.75 Å². The average molecular weight is 260 g/mol. The maximum absolute atomic E-state index is 9.15. The highest BCUT2D eigenvalue weighted by Gasteiger charge is 2.14. The summed E-state index contributed by atoms with van der Waals surface area (Å²) in [5.41, 5.74) is 2.51. The first-order valence-corrected chi connectivity index (χ1v) is 7.08. The number of aromatic nitrogens is 1. The van der Waals surface area contributed by atoms with E-state index >= 15 is 0 Å². The fraction of sp³-hybridized carbons (Fsp3) is 0.357.